The van der Waals surface area contributed by atoms with E-state index in [4.69, 9.17) is 9.47 Å². The summed E-state index contributed by atoms with van der Waals surface area (Å²) in [5.74, 6) is 1.18. The summed E-state index contributed by atoms with van der Waals surface area (Å²) in [5, 5.41) is 22.6. The van der Waals surface area contributed by atoms with E-state index < -0.39 is 9.85 Å². The van der Waals surface area contributed by atoms with Gasteiger partial charge in [0.2, 0.25) is 0 Å². The quantitative estimate of drug-likeness (QED) is 0.562. The van der Waals surface area contributed by atoms with Crippen LogP contribution in [0.3, 0.4) is 0 Å². The first-order valence-corrected chi connectivity index (χ1v) is 8.36. The van der Waals surface area contributed by atoms with Crippen molar-refractivity contribution in [3.05, 3.63) is 61.7 Å². The fourth-order valence-corrected chi connectivity index (χ4v) is 3.43. The van der Waals surface area contributed by atoms with Crippen LogP contribution in [0, 0.1) is 20.2 Å². The number of hydrogen-bond acceptors (Lipinski definition) is 7. The minimum atomic E-state index is -0.617. The normalized spacial score (nSPS) is 15.4. The van der Waals surface area contributed by atoms with Crippen molar-refractivity contribution in [1.29, 1.82) is 0 Å². The third-order valence-electron chi connectivity index (χ3n) is 4.71. The van der Waals surface area contributed by atoms with Gasteiger partial charge in [-0.1, -0.05) is 6.07 Å². The lowest BCUT2D eigenvalue weighted by Crippen LogP contribution is -2.19. The summed E-state index contributed by atoms with van der Waals surface area (Å²) in [6, 6.07) is 7.71. The fourth-order valence-electron chi connectivity index (χ4n) is 3.43. The Labute approximate surface area is 155 Å². The number of methoxy groups -OCH3 is 1. The van der Waals surface area contributed by atoms with Gasteiger partial charge >= 0.3 is 0 Å². The van der Waals surface area contributed by atoms with Crippen molar-refractivity contribution < 1.29 is 19.3 Å². The Morgan fingerprint density at radius 1 is 1.15 bits per heavy atom. The lowest BCUT2D eigenvalue weighted by Gasteiger charge is -2.23. The van der Waals surface area contributed by atoms with Crippen LogP contribution in [0.4, 0.5) is 17.1 Å². The molecule has 0 aliphatic carbocycles. The Balaban J connectivity index is 2.04. The van der Waals surface area contributed by atoms with E-state index in [1.807, 2.05) is 24.0 Å². The second kappa shape index (κ2) is 7.10. The minimum Gasteiger partial charge on any atom is -0.493 e. The molecule has 0 saturated heterocycles. The predicted octanol–water partition coefficient (Wildman–Crippen LogP) is 3.64. The highest BCUT2D eigenvalue weighted by molar-refractivity contribution is 5.71. The van der Waals surface area contributed by atoms with Crippen molar-refractivity contribution in [3.8, 4) is 11.5 Å². The first-order valence-electron chi connectivity index (χ1n) is 8.36. The van der Waals surface area contributed by atoms with Crippen molar-refractivity contribution in [2.75, 3.05) is 25.7 Å². The molecule has 0 saturated carbocycles. The SMILES string of the molecule is CCOc1ccc([C@@H]2Cc3c(cc([N+](=O)[O-])cc3[N+](=O)[O-])N2C)cc1OC. The highest BCUT2D eigenvalue weighted by atomic mass is 16.6. The molecule has 1 aliphatic rings. The van der Waals surface area contributed by atoms with Crippen LogP contribution in [-0.4, -0.2) is 30.6 Å². The van der Waals surface area contributed by atoms with E-state index in [2.05, 4.69) is 0 Å². The molecule has 142 valence electrons. The van der Waals surface area contributed by atoms with E-state index in [0.717, 1.165) is 11.6 Å². The third-order valence-corrected chi connectivity index (χ3v) is 4.71. The maximum Gasteiger partial charge on any atom is 0.281 e. The van der Waals surface area contributed by atoms with Gasteiger partial charge in [-0.05, 0) is 24.6 Å². The largest absolute Gasteiger partial charge is 0.493 e. The van der Waals surface area contributed by atoms with Crippen LogP contribution in [0.1, 0.15) is 24.1 Å². The fraction of sp³-hybridized carbons (Fsp3) is 0.333. The first-order chi connectivity index (χ1) is 12.9. The van der Waals surface area contributed by atoms with Crippen molar-refractivity contribution in [2.45, 2.75) is 19.4 Å². The van der Waals surface area contributed by atoms with E-state index in [0.29, 0.717) is 35.8 Å². The Bertz CT molecular complexity index is 914. The summed E-state index contributed by atoms with van der Waals surface area (Å²) in [5.41, 5.74) is 1.34. The molecule has 0 bridgehead atoms. The second-order valence-corrected chi connectivity index (χ2v) is 6.15. The van der Waals surface area contributed by atoms with Gasteiger partial charge in [-0.25, -0.2) is 0 Å². The van der Waals surface area contributed by atoms with Gasteiger partial charge in [-0.15, -0.1) is 0 Å². The lowest BCUT2D eigenvalue weighted by molar-refractivity contribution is -0.394. The summed E-state index contributed by atoms with van der Waals surface area (Å²) in [7, 11) is 3.32. The molecule has 0 radical (unpaired) electrons. The van der Waals surface area contributed by atoms with Gasteiger partial charge in [0.1, 0.15) is 0 Å². The number of hydrogen-bond donors (Lipinski definition) is 0. The zero-order chi connectivity index (χ0) is 19.7. The van der Waals surface area contributed by atoms with Crippen molar-refractivity contribution in [2.24, 2.45) is 0 Å². The number of rotatable bonds is 6. The molecule has 0 fully saturated rings. The zero-order valence-corrected chi connectivity index (χ0v) is 15.2. The van der Waals surface area contributed by atoms with E-state index >= 15 is 0 Å². The molecule has 0 unspecified atom stereocenters. The van der Waals surface area contributed by atoms with E-state index in [1.54, 1.807) is 20.2 Å². The van der Waals surface area contributed by atoms with Gasteiger partial charge in [0.15, 0.2) is 11.5 Å². The predicted molar refractivity (Wildman–Crippen MR) is 98.8 cm³/mol. The van der Waals surface area contributed by atoms with Crippen LogP contribution in [-0.2, 0) is 6.42 Å². The number of likely N-dealkylation sites (N-methyl/N-ethyl adjacent to an activating group) is 1. The van der Waals surface area contributed by atoms with Gasteiger partial charge in [0, 0.05) is 19.5 Å². The van der Waals surface area contributed by atoms with Crippen LogP contribution in [0.15, 0.2) is 30.3 Å². The summed E-state index contributed by atoms with van der Waals surface area (Å²) in [6.07, 6.45) is 0.372. The van der Waals surface area contributed by atoms with E-state index in [-0.39, 0.29) is 17.4 Å². The molecule has 1 atom stereocenters. The molecule has 0 N–H and O–H groups in total. The maximum atomic E-state index is 11.4. The van der Waals surface area contributed by atoms with Gasteiger partial charge < -0.3 is 14.4 Å². The number of ether oxygens (including phenoxy) is 2. The van der Waals surface area contributed by atoms with Crippen molar-refractivity contribution in [1.82, 2.24) is 0 Å². The number of nitro benzene ring substituents is 2. The standard InChI is InChI=1S/C18H19N3O6/c1-4-27-17-6-5-11(7-18(17)26-3)14-10-13-15(19(14)2)8-12(20(22)23)9-16(13)21(24)25/h5-9,14H,4,10H2,1-3H3/t14-/m0/s1. The summed E-state index contributed by atoms with van der Waals surface area (Å²) < 4.78 is 10.9. The van der Waals surface area contributed by atoms with Crippen LogP contribution in [0.2, 0.25) is 0 Å². The Morgan fingerprint density at radius 2 is 1.89 bits per heavy atom. The molecule has 9 heteroatoms. The second-order valence-electron chi connectivity index (χ2n) is 6.15. The summed E-state index contributed by atoms with van der Waals surface area (Å²) in [4.78, 5) is 23.2. The average Bonchev–Trinajstić information content (AvgIpc) is 2.98. The molecule has 2 aromatic rings. The smallest absolute Gasteiger partial charge is 0.281 e. The van der Waals surface area contributed by atoms with E-state index in [1.165, 1.54) is 6.07 Å². The molecule has 27 heavy (non-hydrogen) atoms. The monoisotopic (exact) mass is 373 g/mol. The van der Waals surface area contributed by atoms with Gasteiger partial charge in [-0.3, -0.25) is 20.2 Å². The number of anilines is 1. The molecule has 1 aliphatic heterocycles. The number of nitrogens with zero attached hydrogens (tertiary/aromatic N) is 3. The summed E-state index contributed by atoms with van der Waals surface area (Å²) >= 11 is 0. The Kier molecular flexibility index (Phi) is 4.85. The van der Waals surface area contributed by atoms with E-state index in [9.17, 15) is 20.2 Å². The molecule has 3 rings (SSSR count). The summed E-state index contributed by atoms with van der Waals surface area (Å²) in [6.45, 7) is 2.38. The van der Waals surface area contributed by atoms with Crippen LogP contribution < -0.4 is 14.4 Å². The number of nitro groups is 2. The maximum absolute atomic E-state index is 11.4. The molecular formula is C18H19N3O6. The third kappa shape index (κ3) is 3.23. The van der Waals surface area contributed by atoms with Gasteiger partial charge in [0.05, 0.1) is 46.9 Å². The first kappa shape index (κ1) is 18.4. The molecular weight excluding hydrogens is 354 g/mol. The molecule has 9 nitrogen and oxygen atoms in total. The molecule has 0 amide bonds. The number of benzene rings is 2. The number of non-ortho nitro benzene ring substituents is 1. The Hall–Kier alpha value is -3.36. The van der Waals surface area contributed by atoms with Crippen molar-refractivity contribution >= 4 is 17.1 Å². The molecule has 0 aromatic heterocycles. The molecule has 1 heterocycles. The Morgan fingerprint density at radius 3 is 2.48 bits per heavy atom. The molecule has 0 spiro atoms. The van der Waals surface area contributed by atoms with Gasteiger partial charge in [0.25, 0.3) is 11.4 Å². The van der Waals surface area contributed by atoms with Crippen LogP contribution in [0.25, 0.3) is 0 Å². The zero-order valence-electron chi connectivity index (χ0n) is 15.2. The number of fused-ring (bicyclic) bond motifs is 1. The van der Waals surface area contributed by atoms with Crippen molar-refractivity contribution in [3.63, 3.8) is 0 Å². The lowest BCUT2D eigenvalue weighted by atomic mass is 10.0. The highest BCUT2D eigenvalue weighted by Gasteiger charge is 2.36. The minimum absolute atomic E-state index is 0.203. The van der Waals surface area contributed by atoms with Crippen LogP contribution in [0.5, 0.6) is 11.5 Å². The molecule has 2 aromatic carbocycles. The highest BCUT2D eigenvalue weighted by Crippen LogP contribution is 2.46. The topological polar surface area (TPSA) is 108 Å². The average molecular weight is 373 g/mol. The van der Waals surface area contributed by atoms with Crippen LogP contribution >= 0.6 is 0 Å². The van der Waals surface area contributed by atoms with Gasteiger partial charge in [-0.2, -0.15) is 0 Å².